The van der Waals surface area contributed by atoms with Crippen molar-refractivity contribution in [2.24, 2.45) is 5.92 Å². The molecular weight excluding hydrogens is 300 g/mol. The smallest absolute Gasteiger partial charge is 0.0412 e. The van der Waals surface area contributed by atoms with Crippen molar-refractivity contribution < 1.29 is 0 Å². The van der Waals surface area contributed by atoms with Gasteiger partial charge in [0.05, 0.1) is 0 Å². The molecule has 19 heavy (non-hydrogen) atoms. The average molecular weight is 327 g/mol. The Morgan fingerprint density at radius 2 is 1.95 bits per heavy atom. The van der Waals surface area contributed by atoms with Crippen LogP contribution in [0.15, 0.2) is 22.7 Å². The molecule has 0 aliphatic carbocycles. The van der Waals surface area contributed by atoms with Crippen molar-refractivity contribution in [1.29, 1.82) is 0 Å². The highest BCUT2D eigenvalue weighted by atomic mass is 79.9. The van der Waals surface area contributed by atoms with Crippen LogP contribution < -0.4 is 10.2 Å². The Kier molecular flexibility index (Phi) is 6.87. The number of anilines is 1. The molecule has 1 N–H and O–H groups in total. The standard InChI is InChI=1S/C16H27BrN2/c1-6-18-13(4)15-11-14(17)7-8-16(15)19(5)10-9-12(2)3/h7-8,11-13,18H,6,9-10H2,1-5H3. The zero-order chi connectivity index (χ0) is 14.4. The summed E-state index contributed by atoms with van der Waals surface area (Å²) in [5.41, 5.74) is 2.69. The number of nitrogens with one attached hydrogen (secondary N) is 1. The summed E-state index contributed by atoms with van der Waals surface area (Å²) in [5.74, 6) is 0.743. The van der Waals surface area contributed by atoms with Crippen molar-refractivity contribution in [2.45, 2.75) is 40.2 Å². The molecule has 3 heteroatoms. The van der Waals surface area contributed by atoms with Crippen molar-refractivity contribution in [3.8, 4) is 0 Å². The van der Waals surface area contributed by atoms with E-state index in [0.717, 1.165) is 23.5 Å². The first-order valence-corrected chi connectivity index (χ1v) is 7.99. The molecule has 0 spiro atoms. The maximum atomic E-state index is 3.58. The number of hydrogen-bond donors (Lipinski definition) is 1. The second kappa shape index (κ2) is 7.91. The first-order chi connectivity index (χ1) is 8.95. The zero-order valence-electron chi connectivity index (χ0n) is 12.8. The van der Waals surface area contributed by atoms with E-state index in [1.807, 2.05) is 0 Å². The lowest BCUT2D eigenvalue weighted by atomic mass is 10.0. The Bertz CT molecular complexity index is 390. The van der Waals surface area contributed by atoms with E-state index in [4.69, 9.17) is 0 Å². The van der Waals surface area contributed by atoms with Crippen LogP contribution >= 0.6 is 15.9 Å². The first-order valence-electron chi connectivity index (χ1n) is 7.19. The quantitative estimate of drug-likeness (QED) is 0.787. The molecule has 2 nitrogen and oxygen atoms in total. The van der Waals surface area contributed by atoms with E-state index >= 15 is 0 Å². The summed E-state index contributed by atoms with van der Waals surface area (Å²) in [7, 11) is 2.19. The van der Waals surface area contributed by atoms with Gasteiger partial charge in [-0.15, -0.1) is 0 Å². The van der Waals surface area contributed by atoms with Gasteiger partial charge < -0.3 is 10.2 Å². The minimum absolute atomic E-state index is 0.374. The van der Waals surface area contributed by atoms with E-state index in [0.29, 0.717) is 6.04 Å². The third kappa shape index (κ3) is 5.15. The fourth-order valence-corrected chi connectivity index (χ4v) is 2.59. The second-order valence-electron chi connectivity index (χ2n) is 5.59. The molecule has 1 rings (SSSR count). The monoisotopic (exact) mass is 326 g/mol. The summed E-state index contributed by atoms with van der Waals surface area (Å²) in [4.78, 5) is 2.37. The maximum absolute atomic E-state index is 3.58. The lowest BCUT2D eigenvalue weighted by Crippen LogP contribution is -2.25. The number of nitrogens with zero attached hydrogens (tertiary/aromatic N) is 1. The SMILES string of the molecule is CCNC(C)c1cc(Br)ccc1N(C)CCC(C)C. The zero-order valence-corrected chi connectivity index (χ0v) is 14.4. The molecule has 0 bridgehead atoms. The minimum atomic E-state index is 0.374. The molecule has 1 aromatic rings. The van der Waals surface area contributed by atoms with Crippen LogP contribution in [0.4, 0.5) is 5.69 Å². The van der Waals surface area contributed by atoms with Crippen molar-refractivity contribution in [2.75, 3.05) is 25.0 Å². The summed E-state index contributed by atoms with van der Waals surface area (Å²) < 4.78 is 1.15. The van der Waals surface area contributed by atoms with E-state index < -0.39 is 0 Å². The molecule has 0 radical (unpaired) electrons. The number of halogens is 1. The predicted molar refractivity (Wildman–Crippen MR) is 89.0 cm³/mol. The lowest BCUT2D eigenvalue weighted by molar-refractivity contribution is 0.576. The van der Waals surface area contributed by atoms with Crippen LogP contribution in [-0.2, 0) is 0 Å². The molecule has 0 amide bonds. The molecule has 0 saturated carbocycles. The molecule has 1 atom stereocenters. The first kappa shape index (κ1) is 16.5. The summed E-state index contributed by atoms with van der Waals surface area (Å²) in [6.07, 6.45) is 1.22. The molecular formula is C16H27BrN2. The van der Waals surface area contributed by atoms with Crippen molar-refractivity contribution >= 4 is 21.6 Å². The summed E-state index contributed by atoms with van der Waals surface area (Å²) in [6, 6.07) is 6.95. The van der Waals surface area contributed by atoms with Crippen LogP contribution in [0.2, 0.25) is 0 Å². The molecule has 0 aliphatic heterocycles. The number of benzene rings is 1. The van der Waals surface area contributed by atoms with Gasteiger partial charge in [-0.2, -0.15) is 0 Å². The largest absolute Gasteiger partial charge is 0.374 e. The number of hydrogen-bond acceptors (Lipinski definition) is 2. The Labute approximate surface area is 126 Å². The highest BCUT2D eigenvalue weighted by molar-refractivity contribution is 9.10. The van der Waals surface area contributed by atoms with Crippen LogP contribution in [-0.4, -0.2) is 20.1 Å². The minimum Gasteiger partial charge on any atom is -0.374 e. The van der Waals surface area contributed by atoms with E-state index in [-0.39, 0.29) is 0 Å². The van der Waals surface area contributed by atoms with E-state index in [1.165, 1.54) is 17.7 Å². The molecule has 1 unspecified atom stereocenters. The Balaban J connectivity index is 2.92. The average Bonchev–Trinajstić information content (AvgIpc) is 2.36. The van der Waals surface area contributed by atoms with E-state index in [1.54, 1.807) is 0 Å². The van der Waals surface area contributed by atoms with Crippen LogP contribution in [0.5, 0.6) is 0 Å². The number of rotatable bonds is 7. The Hall–Kier alpha value is -0.540. The van der Waals surface area contributed by atoms with Gasteiger partial charge in [-0.3, -0.25) is 0 Å². The lowest BCUT2D eigenvalue weighted by Gasteiger charge is -2.26. The molecule has 0 aliphatic rings. The van der Waals surface area contributed by atoms with Gasteiger partial charge in [0.15, 0.2) is 0 Å². The van der Waals surface area contributed by atoms with E-state index in [2.05, 4.69) is 79.1 Å². The van der Waals surface area contributed by atoms with E-state index in [9.17, 15) is 0 Å². The third-order valence-electron chi connectivity index (χ3n) is 3.42. The highest BCUT2D eigenvalue weighted by Gasteiger charge is 2.13. The molecule has 0 heterocycles. The second-order valence-corrected chi connectivity index (χ2v) is 6.50. The van der Waals surface area contributed by atoms with Crippen molar-refractivity contribution in [3.63, 3.8) is 0 Å². The maximum Gasteiger partial charge on any atom is 0.0412 e. The van der Waals surface area contributed by atoms with Gasteiger partial charge in [-0.1, -0.05) is 36.7 Å². The normalized spacial score (nSPS) is 12.8. The summed E-state index contributed by atoms with van der Waals surface area (Å²) in [5, 5.41) is 3.50. The topological polar surface area (TPSA) is 15.3 Å². The summed E-state index contributed by atoms with van der Waals surface area (Å²) in [6.45, 7) is 11.0. The van der Waals surface area contributed by atoms with Gasteiger partial charge in [-0.05, 0) is 49.6 Å². The van der Waals surface area contributed by atoms with Crippen LogP contribution in [0.25, 0.3) is 0 Å². The van der Waals surface area contributed by atoms with Crippen molar-refractivity contribution in [1.82, 2.24) is 5.32 Å². The van der Waals surface area contributed by atoms with Gasteiger partial charge in [0.2, 0.25) is 0 Å². The van der Waals surface area contributed by atoms with Gasteiger partial charge in [0.1, 0.15) is 0 Å². The molecule has 0 saturated heterocycles. The highest BCUT2D eigenvalue weighted by Crippen LogP contribution is 2.29. The Morgan fingerprint density at radius 1 is 1.26 bits per heavy atom. The fourth-order valence-electron chi connectivity index (χ4n) is 2.21. The Morgan fingerprint density at radius 3 is 2.53 bits per heavy atom. The van der Waals surface area contributed by atoms with Crippen LogP contribution in [0.1, 0.15) is 45.7 Å². The van der Waals surface area contributed by atoms with Crippen LogP contribution in [0.3, 0.4) is 0 Å². The third-order valence-corrected chi connectivity index (χ3v) is 3.91. The molecule has 108 valence electrons. The van der Waals surface area contributed by atoms with Gasteiger partial charge in [0.25, 0.3) is 0 Å². The molecule has 0 aromatic heterocycles. The fraction of sp³-hybridized carbons (Fsp3) is 0.625. The molecule has 0 fully saturated rings. The summed E-state index contributed by atoms with van der Waals surface area (Å²) >= 11 is 3.58. The van der Waals surface area contributed by atoms with Crippen LogP contribution in [0, 0.1) is 5.92 Å². The van der Waals surface area contributed by atoms with Crippen molar-refractivity contribution in [3.05, 3.63) is 28.2 Å². The predicted octanol–water partition coefficient (Wildman–Crippen LogP) is 4.60. The van der Waals surface area contributed by atoms with Gasteiger partial charge in [0, 0.05) is 29.8 Å². The van der Waals surface area contributed by atoms with Gasteiger partial charge in [-0.25, -0.2) is 0 Å². The molecule has 1 aromatic carbocycles. The van der Waals surface area contributed by atoms with Gasteiger partial charge >= 0.3 is 0 Å².